The van der Waals surface area contributed by atoms with Crippen molar-refractivity contribution in [3.8, 4) is 0 Å². The van der Waals surface area contributed by atoms with Gasteiger partial charge in [-0.2, -0.15) is 0 Å². The molecule has 0 saturated heterocycles. The summed E-state index contributed by atoms with van der Waals surface area (Å²) >= 11 is 0. The maximum Gasteiger partial charge on any atom is 0.239 e. The third kappa shape index (κ3) is 3.91. The molecule has 5 heteroatoms. The molecule has 0 fully saturated rings. The van der Waals surface area contributed by atoms with E-state index < -0.39 is 0 Å². The maximum atomic E-state index is 11.9. The number of likely N-dealkylation sites (N-methyl/N-ethyl adjacent to an activating group) is 1. The molecule has 3 N–H and O–H groups in total. The smallest absolute Gasteiger partial charge is 0.239 e. The molecule has 1 aromatic rings. The number of hydrogen-bond donors (Lipinski definition) is 2. The number of carbonyl (C=O) groups excluding carboxylic acids is 1. The summed E-state index contributed by atoms with van der Waals surface area (Å²) in [5.74, 6) is 0.0161. The second-order valence-electron chi connectivity index (χ2n) is 4.37. The first-order valence-corrected chi connectivity index (χ1v) is 6.28. The molecule has 0 spiro atoms. The Kier molecular flexibility index (Phi) is 5.42. The highest BCUT2D eigenvalue weighted by molar-refractivity contribution is 5.82. The molecular formula is C13H22N4O. The zero-order chi connectivity index (χ0) is 13.5. The van der Waals surface area contributed by atoms with E-state index in [-0.39, 0.29) is 11.9 Å². The van der Waals surface area contributed by atoms with Crippen LogP contribution in [0.25, 0.3) is 0 Å². The Morgan fingerprint density at radius 1 is 1.50 bits per heavy atom. The Balaban J connectivity index is 2.57. The number of carbonyl (C=O) groups is 1. The van der Waals surface area contributed by atoms with Gasteiger partial charge in [0.2, 0.25) is 5.91 Å². The number of hydrogen-bond acceptors (Lipinski definition) is 4. The van der Waals surface area contributed by atoms with Crippen molar-refractivity contribution in [1.29, 1.82) is 0 Å². The van der Waals surface area contributed by atoms with E-state index in [9.17, 15) is 4.79 Å². The van der Waals surface area contributed by atoms with E-state index in [0.717, 1.165) is 18.5 Å². The molecule has 0 aliphatic rings. The summed E-state index contributed by atoms with van der Waals surface area (Å²) in [4.78, 5) is 17.6. The lowest BCUT2D eigenvalue weighted by atomic mass is 10.2. The third-order valence-corrected chi connectivity index (χ3v) is 2.97. The van der Waals surface area contributed by atoms with Crippen LogP contribution in [0.5, 0.6) is 0 Å². The normalized spacial score (nSPS) is 10.4. The number of nitrogens with two attached hydrogens (primary N) is 1. The first-order valence-electron chi connectivity index (χ1n) is 6.28. The molecule has 18 heavy (non-hydrogen) atoms. The molecule has 1 amide bonds. The number of anilines is 2. The molecule has 1 heterocycles. The van der Waals surface area contributed by atoms with Gasteiger partial charge in [-0.15, -0.1) is 0 Å². The predicted octanol–water partition coefficient (Wildman–Crippen LogP) is 1.40. The fourth-order valence-electron chi connectivity index (χ4n) is 1.81. The quantitative estimate of drug-likeness (QED) is 0.800. The first-order chi connectivity index (χ1) is 8.58. The molecule has 0 atom stereocenters. The SMILES string of the molecule is CCC(CC)NC(=O)CN(C)c1ccncc1N. The van der Waals surface area contributed by atoms with Gasteiger partial charge in [-0.25, -0.2) is 0 Å². The number of rotatable bonds is 6. The second-order valence-corrected chi connectivity index (χ2v) is 4.37. The van der Waals surface area contributed by atoms with Crippen LogP contribution in [0.1, 0.15) is 26.7 Å². The first kappa shape index (κ1) is 14.3. The highest BCUT2D eigenvalue weighted by atomic mass is 16.2. The number of aromatic nitrogens is 1. The summed E-state index contributed by atoms with van der Waals surface area (Å²) in [7, 11) is 1.85. The fourth-order valence-corrected chi connectivity index (χ4v) is 1.81. The molecule has 100 valence electrons. The topological polar surface area (TPSA) is 71.2 Å². The van der Waals surface area contributed by atoms with Gasteiger partial charge in [0.05, 0.1) is 24.1 Å². The molecule has 0 saturated carbocycles. The van der Waals surface area contributed by atoms with Crippen molar-refractivity contribution in [2.24, 2.45) is 0 Å². The van der Waals surface area contributed by atoms with E-state index in [0.29, 0.717) is 12.2 Å². The Bertz CT molecular complexity index is 390. The van der Waals surface area contributed by atoms with Crippen LogP contribution < -0.4 is 16.0 Å². The molecule has 1 aromatic heterocycles. The van der Waals surface area contributed by atoms with Crippen LogP contribution in [0.15, 0.2) is 18.5 Å². The Labute approximate surface area is 108 Å². The van der Waals surface area contributed by atoms with Gasteiger partial charge in [-0.05, 0) is 18.9 Å². The summed E-state index contributed by atoms with van der Waals surface area (Å²) in [5, 5.41) is 3.00. The summed E-state index contributed by atoms with van der Waals surface area (Å²) < 4.78 is 0. The number of amides is 1. The molecule has 1 rings (SSSR count). The molecule has 0 radical (unpaired) electrons. The maximum absolute atomic E-state index is 11.9. The van der Waals surface area contributed by atoms with Crippen LogP contribution in [-0.2, 0) is 4.79 Å². The lowest BCUT2D eigenvalue weighted by Gasteiger charge is -2.22. The van der Waals surface area contributed by atoms with Crippen molar-refractivity contribution >= 4 is 17.3 Å². The minimum Gasteiger partial charge on any atom is -0.396 e. The zero-order valence-corrected chi connectivity index (χ0v) is 11.3. The molecule has 0 unspecified atom stereocenters. The van der Waals surface area contributed by atoms with Crippen molar-refractivity contribution < 1.29 is 4.79 Å². The largest absolute Gasteiger partial charge is 0.396 e. The summed E-state index contributed by atoms with van der Waals surface area (Å²) in [6.07, 6.45) is 5.15. The van der Waals surface area contributed by atoms with Gasteiger partial charge in [0.15, 0.2) is 0 Å². The lowest BCUT2D eigenvalue weighted by molar-refractivity contribution is -0.120. The van der Waals surface area contributed by atoms with Gasteiger partial charge >= 0.3 is 0 Å². The van der Waals surface area contributed by atoms with E-state index in [1.807, 2.05) is 11.9 Å². The van der Waals surface area contributed by atoms with Crippen molar-refractivity contribution in [3.63, 3.8) is 0 Å². The highest BCUT2D eigenvalue weighted by Crippen LogP contribution is 2.19. The molecule has 5 nitrogen and oxygen atoms in total. The zero-order valence-electron chi connectivity index (χ0n) is 11.3. The van der Waals surface area contributed by atoms with Crippen molar-refractivity contribution in [3.05, 3.63) is 18.5 Å². The van der Waals surface area contributed by atoms with Gasteiger partial charge < -0.3 is 16.0 Å². The average molecular weight is 250 g/mol. The third-order valence-electron chi connectivity index (χ3n) is 2.97. The number of pyridine rings is 1. The van der Waals surface area contributed by atoms with Gasteiger partial charge in [-0.1, -0.05) is 13.8 Å². The fraction of sp³-hybridized carbons (Fsp3) is 0.538. The van der Waals surface area contributed by atoms with Crippen LogP contribution in [0.2, 0.25) is 0 Å². The number of nitrogens with one attached hydrogen (secondary N) is 1. The molecule has 0 aliphatic heterocycles. The summed E-state index contributed by atoms with van der Waals surface area (Å²) in [6.45, 7) is 4.43. The lowest BCUT2D eigenvalue weighted by Crippen LogP contribution is -2.40. The van der Waals surface area contributed by atoms with E-state index in [1.165, 1.54) is 0 Å². The van der Waals surface area contributed by atoms with Crippen LogP contribution in [-0.4, -0.2) is 30.5 Å². The van der Waals surface area contributed by atoms with Crippen LogP contribution in [0.3, 0.4) is 0 Å². The predicted molar refractivity (Wildman–Crippen MR) is 74.4 cm³/mol. The van der Waals surface area contributed by atoms with E-state index in [4.69, 9.17) is 5.73 Å². The molecular weight excluding hydrogens is 228 g/mol. The van der Waals surface area contributed by atoms with Crippen molar-refractivity contribution in [2.75, 3.05) is 24.2 Å². The van der Waals surface area contributed by atoms with E-state index >= 15 is 0 Å². The standard InChI is InChI=1S/C13H22N4O/c1-4-10(5-2)16-13(18)9-17(3)12-6-7-15-8-11(12)14/h6-8,10H,4-5,9,14H2,1-3H3,(H,16,18). The van der Waals surface area contributed by atoms with Crippen LogP contribution in [0, 0.1) is 0 Å². The van der Waals surface area contributed by atoms with Gasteiger partial charge in [0.25, 0.3) is 0 Å². The Morgan fingerprint density at radius 3 is 2.72 bits per heavy atom. The second kappa shape index (κ2) is 6.83. The van der Waals surface area contributed by atoms with Crippen molar-refractivity contribution in [1.82, 2.24) is 10.3 Å². The summed E-state index contributed by atoms with van der Waals surface area (Å²) in [6, 6.07) is 2.06. The van der Waals surface area contributed by atoms with Crippen molar-refractivity contribution in [2.45, 2.75) is 32.7 Å². The molecule has 0 bridgehead atoms. The van der Waals surface area contributed by atoms with Gasteiger partial charge in [-0.3, -0.25) is 9.78 Å². The minimum atomic E-state index is 0.0161. The Morgan fingerprint density at radius 2 is 2.17 bits per heavy atom. The molecule has 0 aromatic carbocycles. The van der Waals surface area contributed by atoms with Crippen LogP contribution in [0.4, 0.5) is 11.4 Å². The monoisotopic (exact) mass is 250 g/mol. The summed E-state index contributed by atoms with van der Waals surface area (Å²) in [5.41, 5.74) is 7.22. The highest BCUT2D eigenvalue weighted by Gasteiger charge is 2.12. The van der Waals surface area contributed by atoms with Crippen LogP contribution >= 0.6 is 0 Å². The minimum absolute atomic E-state index is 0.0161. The van der Waals surface area contributed by atoms with E-state index in [2.05, 4.69) is 24.1 Å². The number of nitrogen functional groups attached to an aromatic ring is 1. The average Bonchev–Trinajstić information content (AvgIpc) is 2.36. The van der Waals surface area contributed by atoms with Gasteiger partial charge in [0.1, 0.15) is 0 Å². The van der Waals surface area contributed by atoms with E-state index in [1.54, 1.807) is 18.5 Å². The molecule has 0 aliphatic carbocycles. The number of nitrogens with zero attached hydrogens (tertiary/aromatic N) is 2. The van der Waals surface area contributed by atoms with Gasteiger partial charge in [0, 0.05) is 19.3 Å². The Hall–Kier alpha value is -1.78.